The van der Waals surface area contributed by atoms with Gasteiger partial charge in [-0.15, -0.1) is 12.6 Å². The molecule has 0 fully saturated rings. The third kappa shape index (κ3) is 1.55. The third-order valence-electron chi connectivity index (χ3n) is 1.58. The van der Waals surface area contributed by atoms with Crippen LogP contribution >= 0.6 is 12.6 Å². The molecule has 2 aromatic rings. The molecule has 0 unspecified atom stereocenters. The normalized spacial score (nSPS) is 10.3. The van der Waals surface area contributed by atoms with Crippen LogP contribution in [0.15, 0.2) is 35.7 Å². The first-order valence-electron chi connectivity index (χ1n) is 3.62. The van der Waals surface area contributed by atoms with Gasteiger partial charge in [0.05, 0.1) is 5.69 Å². The Kier molecular flexibility index (Phi) is 2.02. The first-order valence-corrected chi connectivity index (χ1v) is 4.07. The van der Waals surface area contributed by atoms with Crippen molar-refractivity contribution in [1.29, 1.82) is 0 Å². The molecule has 5 heteroatoms. The number of aromatic nitrogens is 3. The van der Waals surface area contributed by atoms with E-state index in [0.29, 0.717) is 10.8 Å². The molecule has 0 aliphatic heterocycles. The molecule has 2 rings (SSSR count). The van der Waals surface area contributed by atoms with Gasteiger partial charge in [0.25, 0.3) is 0 Å². The van der Waals surface area contributed by atoms with Gasteiger partial charge >= 0.3 is 0 Å². The van der Waals surface area contributed by atoms with Crippen molar-refractivity contribution in [3.05, 3.63) is 36.4 Å². The summed E-state index contributed by atoms with van der Waals surface area (Å²) in [6, 6.07) is 6.09. The molecule has 13 heavy (non-hydrogen) atoms. The van der Waals surface area contributed by atoms with Crippen LogP contribution in [-0.4, -0.2) is 14.8 Å². The molecule has 0 atom stereocenters. The summed E-state index contributed by atoms with van der Waals surface area (Å²) in [5.41, 5.74) is 0.613. The van der Waals surface area contributed by atoms with Crippen LogP contribution in [0.5, 0.6) is 0 Å². The predicted molar refractivity (Wildman–Crippen MR) is 48.6 cm³/mol. The van der Waals surface area contributed by atoms with Gasteiger partial charge in [-0.1, -0.05) is 6.07 Å². The lowest BCUT2D eigenvalue weighted by atomic mass is 10.3. The minimum Gasteiger partial charge on any atom is -0.209 e. The van der Waals surface area contributed by atoms with Crippen molar-refractivity contribution in [1.82, 2.24) is 14.8 Å². The number of thiol groups is 1. The summed E-state index contributed by atoms with van der Waals surface area (Å²) in [5, 5.41) is 4.33. The number of hydrogen-bond acceptors (Lipinski definition) is 3. The SMILES string of the molecule is Fc1cccc(-n2ncnc2S)c1. The zero-order chi connectivity index (χ0) is 9.26. The standard InChI is InChI=1S/C8H6FN3S/c9-6-2-1-3-7(4-6)12-8(13)10-5-11-12/h1-5H,(H,10,11,13). The van der Waals surface area contributed by atoms with Gasteiger partial charge in [-0.2, -0.15) is 5.10 Å². The highest BCUT2D eigenvalue weighted by atomic mass is 32.1. The second-order valence-electron chi connectivity index (χ2n) is 2.45. The Labute approximate surface area is 79.6 Å². The number of hydrogen-bond donors (Lipinski definition) is 1. The largest absolute Gasteiger partial charge is 0.209 e. The molecule has 0 aliphatic carbocycles. The van der Waals surface area contributed by atoms with Gasteiger partial charge in [-0.3, -0.25) is 0 Å². The molecule has 0 saturated carbocycles. The predicted octanol–water partition coefficient (Wildman–Crippen LogP) is 1.70. The highest BCUT2D eigenvalue weighted by Gasteiger charge is 2.02. The Morgan fingerprint density at radius 3 is 2.85 bits per heavy atom. The molecule has 0 saturated heterocycles. The summed E-state index contributed by atoms with van der Waals surface area (Å²) < 4.78 is 14.3. The van der Waals surface area contributed by atoms with E-state index in [1.54, 1.807) is 12.1 Å². The molecule has 0 radical (unpaired) electrons. The minimum atomic E-state index is -0.305. The monoisotopic (exact) mass is 195 g/mol. The van der Waals surface area contributed by atoms with Crippen LogP contribution in [0.4, 0.5) is 4.39 Å². The lowest BCUT2D eigenvalue weighted by molar-refractivity contribution is 0.624. The Balaban J connectivity index is 2.53. The summed E-state index contributed by atoms with van der Waals surface area (Å²) in [5.74, 6) is -0.305. The average Bonchev–Trinajstić information content (AvgIpc) is 2.51. The first kappa shape index (κ1) is 8.25. The lowest BCUT2D eigenvalue weighted by Crippen LogP contribution is -1.97. The van der Waals surface area contributed by atoms with Crippen LogP contribution < -0.4 is 0 Å². The quantitative estimate of drug-likeness (QED) is 0.702. The van der Waals surface area contributed by atoms with Gasteiger partial charge in [0.2, 0.25) is 0 Å². The van der Waals surface area contributed by atoms with E-state index in [1.165, 1.54) is 23.1 Å². The maximum atomic E-state index is 12.8. The van der Waals surface area contributed by atoms with Crippen LogP contribution in [0.2, 0.25) is 0 Å². The number of rotatable bonds is 1. The fourth-order valence-corrected chi connectivity index (χ4v) is 1.24. The fourth-order valence-electron chi connectivity index (χ4n) is 1.03. The molecule has 0 aliphatic rings. The van der Waals surface area contributed by atoms with Crippen molar-refractivity contribution in [3.8, 4) is 5.69 Å². The molecular weight excluding hydrogens is 189 g/mol. The van der Waals surface area contributed by atoms with Gasteiger partial charge in [0, 0.05) is 0 Å². The molecule has 1 aromatic carbocycles. The molecule has 0 N–H and O–H groups in total. The summed E-state index contributed by atoms with van der Waals surface area (Å²) in [6.45, 7) is 0. The van der Waals surface area contributed by atoms with E-state index >= 15 is 0 Å². The molecule has 3 nitrogen and oxygen atoms in total. The van der Waals surface area contributed by atoms with Crippen LogP contribution in [0.3, 0.4) is 0 Å². The molecule has 0 bridgehead atoms. The average molecular weight is 195 g/mol. The highest BCUT2D eigenvalue weighted by molar-refractivity contribution is 7.80. The summed E-state index contributed by atoms with van der Waals surface area (Å²) >= 11 is 4.06. The van der Waals surface area contributed by atoms with Gasteiger partial charge < -0.3 is 0 Å². The zero-order valence-electron chi connectivity index (χ0n) is 6.55. The van der Waals surface area contributed by atoms with E-state index in [9.17, 15) is 4.39 Å². The first-order chi connectivity index (χ1) is 6.27. The lowest BCUT2D eigenvalue weighted by Gasteiger charge is -2.00. The van der Waals surface area contributed by atoms with E-state index in [1.807, 2.05) is 0 Å². The van der Waals surface area contributed by atoms with E-state index in [0.717, 1.165) is 0 Å². The maximum absolute atomic E-state index is 12.8. The smallest absolute Gasteiger partial charge is 0.187 e. The summed E-state index contributed by atoms with van der Waals surface area (Å²) in [6.07, 6.45) is 1.37. The van der Waals surface area contributed by atoms with E-state index < -0.39 is 0 Å². The molecular formula is C8H6FN3S. The maximum Gasteiger partial charge on any atom is 0.187 e. The van der Waals surface area contributed by atoms with E-state index in [4.69, 9.17) is 0 Å². The zero-order valence-corrected chi connectivity index (χ0v) is 7.45. The van der Waals surface area contributed by atoms with E-state index in [-0.39, 0.29) is 5.82 Å². The Bertz CT molecular complexity index is 427. The van der Waals surface area contributed by atoms with Gasteiger partial charge in [0.1, 0.15) is 12.1 Å². The second-order valence-corrected chi connectivity index (χ2v) is 2.85. The number of nitrogens with zero attached hydrogens (tertiary/aromatic N) is 3. The Morgan fingerprint density at radius 2 is 2.23 bits per heavy atom. The van der Waals surface area contributed by atoms with Crippen LogP contribution in [0.25, 0.3) is 5.69 Å². The van der Waals surface area contributed by atoms with Crippen molar-refractivity contribution < 1.29 is 4.39 Å². The molecule has 0 spiro atoms. The van der Waals surface area contributed by atoms with Gasteiger partial charge in [-0.05, 0) is 18.2 Å². The van der Waals surface area contributed by atoms with Crippen LogP contribution in [0.1, 0.15) is 0 Å². The Hall–Kier alpha value is -1.36. The number of benzene rings is 1. The van der Waals surface area contributed by atoms with Crippen molar-refractivity contribution in [2.45, 2.75) is 5.16 Å². The third-order valence-corrected chi connectivity index (χ3v) is 1.89. The molecule has 1 heterocycles. The van der Waals surface area contributed by atoms with Crippen molar-refractivity contribution in [2.24, 2.45) is 0 Å². The minimum absolute atomic E-state index is 0.305. The van der Waals surface area contributed by atoms with Crippen molar-refractivity contribution >= 4 is 12.6 Å². The Morgan fingerprint density at radius 1 is 1.38 bits per heavy atom. The van der Waals surface area contributed by atoms with Gasteiger partial charge in [0.15, 0.2) is 5.16 Å². The van der Waals surface area contributed by atoms with Gasteiger partial charge in [-0.25, -0.2) is 14.1 Å². The van der Waals surface area contributed by atoms with Crippen LogP contribution in [0, 0.1) is 5.82 Å². The molecule has 66 valence electrons. The van der Waals surface area contributed by atoms with Crippen LogP contribution in [-0.2, 0) is 0 Å². The summed E-state index contributed by atoms with van der Waals surface area (Å²) in [4.78, 5) is 3.82. The summed E-state index contributed by atoms with van der Waals surface area (Å²) in [7, 11) is 0. The van der Waals surface area contributed by atoms with Crippen molar-refractivity contribution in [3.63, 3.8) is 0 Å². The molecule has 0 amide bonds. The second kappa shape index (κ2) is 3.18. The van der Waals surface area contributed by atoms with E-state index in [2.05, 4.69) is 22.7 Å². The molecule has 1 aromatic heterocycles. The number of halogens is 1. The highest BCUT2D eigenvalue weighted by Crippen LogP contribution is 2.11. The fraction of sp³-hybridized carbons (Fsp3) is 0. The van der Waals surface area contributed by atoms with Crippen molar-refractivity contribution in [2.75, 3.05) is 0 Å². The topological polar surface area (TPSA) is 30.7 Å².